The number of aromatic nitrogens is 1. The van der Waals surface area contributed by atoms with E-state index < -0.39 is 5.97 Å². The third kappa shape index (κ3) is 4.91. The van der Waals surface area contributed by atoms with Crippen molar-refractivity contribution in [3.63, 3.8) is 0 Å². The lowest BCUT2D eigenvalue weighted by molar-refractivity contribution is 0.0697. The third-order valence-electron chi connectivity index (χ3n) is 7.28. The van der Waals surface area contributed by atoms with Gasteiger partial charge in [-0.15, -0.1) is 0 Å². The quantitative estimate of drug-likeness (QED) is 0.229. The van der Waals surface area contributed by atoms with E-state index in [4.69, 9.17) is 49.2 Å². The lowest BCUT2D eigenvalue weighted by Gasteiger charge is -2.16. The van der Waals surface area contributed by atoms with E-state index >= 15 is 0 Å². The van der Waals surface area contributed by atoms with E-state index in [1.54, 1.807) is 30.3 Å². The molecule has 1 N–H and O–H groups in total. The van der Waals surface area contributed by atoms with Crippen LogP contribution in [0.25, 0.3) is 11.3 Å². The van der Waals surface area contributed by atoms with Gasteiger partial charge in [0, 0.05) is 21.9 Å². The van der Waals surface area contributed by atoms with Crippen molar-refractivity contribution in [3.8, 4) is 17.0 Å². The number of rotatable bonds is 8. The molecule has 1 heterocycles. The number of nitrogens with zero attached hydrogens (tertiary/aromatic N) is 1. The summed E-state index contributed by atoms with van der Waals surface area (Å²) in [4.78, 5) is 11.2. The van der Waals surface area contributed by atoms with Crippen LogP contribution in [0.2, 0.25) is 15.1 Å². The second-order valence-corrected chi connectivity index (χ2v) is 11.4. The molecule has 1 aliphatic rings. The number of ether oxygens (including phenoxy) is 1. The predicted molar refractivity (Wildman–Crippen MR) is 150 cm³/mol. The van der Waals surface area contributed by atoms with Gasteiger partial charge in [-0.3, -0.25) is 0 Å². The number of benzene rings is 3. The van der Waals surface area contributed by atoms with Gasteiger partial charge in [-0.25, -0.2) is 4.79 Å². The van der Waals surface area contributed by atoms with Gasteiger partial charge in [-0.05, 0) is 59.9 Å². The van der Waals surface area contributed by atoms with Crippen LogP contribution in [0, 0.1) is 0 Å². The molecule has 1 fully saturated rings. The molecular formula is C30H26Cl3NO4. The maximum atomic E-state index is 11.2. The molecule has 5 nitrogen and oxygen atoms in total. The molecule has 0 aliphatic heterocycles. The maximum Gasteiger partial charge on any atom is 0.335 e. The van der Waals surface area contributed by atoms with Crippen LogP contribution in [0.5, 0.6) is 5.75 Å². The second-order valence-electron chi connectivity index (χ2n) is 10.2. The van der Waals surface area contributed by atoms with Crippen molar-refractivity contribution in [3.05, 3.63) is 104 Å². The van der Waals surface area contributed by atoms with E-state index in [1.807, 2.05) is 44.2 Å². The SMILES string of the molecule is CC(C)c1onc(-c2c(Cl)cccc2Cl)c1COc1ccc(C2(C)CC2c2ccc(C(=O)O)cc2)c(Cl)c1. The molecule has 0 amide bonds. The number of halogens is 3. The summed E-state index contributed by atoms with van der Waals surface area (Å²) >= 11 is 19.7. The summed E-state index contributed by atoms with van der Waals surface area (Å²) in [6.07, 6.45) is 0.930. The Morgan fingerprint density at radius 2 is 1.76 bits per heavy atom. The Balaban J connectivity index is 1.36. The topological polar surface area (TPSA) is 72.6 Å². The molecule has 38 heavy (non-hydrogen) atoms. The fourth-order valence-electron chi connectivity index (χ4n) is 5.05. The van der Waals surface area contributed by atoms with Crippen LogP contribution in [0.15, 0.2) is 65.2 Å². The molecule has 0 saturated heterocycles. The van der Waals surface area contributed by atoms with Gasteiger partial charge in [-0.1, -0.05) is 85.0 Å². The van der Waals surface area contributed by atoms with Gasteiger partial charge in [0.1, 0.15) is 23.8 Å². The number of carboxylic acids is 1. The fourth-order valence-corrected chi connectivity index (χ4v) is 6.01. The molecule has 4 aromatic rings. The van der Waals surface area contributed by atoms with Crippen LogP contribution >= 0.6 is 34.8 Å². The smallest absolute Gasteiger partial charge is 0.335 e. The highest BCUT2D eigenvalue weighted by Crippen LogP contribution is 2.61. The zero-order valence-electron chi connectivity index (χ0n) is 21.1. The summed E-state index contributed by atoms with van der Waals surface area (Å²) in [5.74, 6) is 0.752. The van der Waals surface area contributed by atoms with Crippen molar-refractivity contribution >= 4 is 40.8 Å². The Kier molecular flexibility index (Phi) is 7.21. The van der Waals surface area contributed by atoms with Gasteiger partial charge in [0.2, 0.25) is 0 Å². The normalized spacial score (nSPS) is 18.6. The van der Waals surface area contributed by atoms with Crippen LogP contribution < -0.4 is 4.74 Å². The Morgan fingerprint density at radius 1 is 1.08 bits per heavy atom. The third-order valence-corrected chi connectivity index (χ3v) is 8.22. The maximum absolute atomic E-state index is 11.2. The lowest BCUT2D eigenvalue weighted by atomic mass is 9.92. The highest BCUT2D eigenvalue weighted by atomic mass is 35.5. The highest BCUT2D eigenvalue weighted by Gasteiger charge is 2.52. The monoisotopic (exact) mass is 569 g/mol. The molecule has 196 valence electrons. The molecule has 0 spiro atoms. The first kappa shape index (κ1) is 26.6. The largest absolute Gasteiger partial charge is 0.489 e. The molecule has 1 aliphatic carbocycles. The predicted octanol–water partition coefficient (Wildman–Crippen LogP) is 9.15. The number of hydrogen-bond acceptors (Lipinski definition) is 4. The van der Waals surface area contributed by atoms with Crippen molar-refractivity contribution < 1.29 is 19.2 Å². The average molecular weight is 571 g/mol. The first-order valence-electron chi connectivity index (χ1n) is 12.3. The summed E-state index contributed by atoms with van der Waals surface area (Å²) in [5.41, 5.74) is 4.26. The molecule has 1 saturated carbocycles. The molecule has 0 radical (unpaired) electrons. The summed E-state index contributed by atoms with van der Waals surface area (Å²) < 4.78 is 11.8. The van der Waals surface area contributed by atoms with Crippen molar-refractivity contribution in [2.45, 2.75) is 51.0 Å². The van der Waals surface area contributed by atoms with Crippen molar-refractivity contribution in [1.82, 2.24) is 5.16 Å². The van der Waals surface area contributed by atoms with Gasteiger partial charge in [0.15, 0.2) is 0 Å². The molecule has 3 aromatic carbocycles. The first-order chi connectivity index (χ1) is 18.1. The first-order valence-corrected chi connectivity index (χ1v) is 13.4. The molecule has 0 bridgehead atoms. The van der Waals surface area contributed by atoms with Crippen molar-refractivity contribution in [2.24, 2.45) is 0 Å². The second kappa shape index (κ2) is 10.3. The molecular weight excluding hydrogens is 545 g/mol. The van der Waals surface area contributed by atoms with Crippen LogP contribution in [0.4, 0.5) is 0 Å². The summed E-state index contributed by atoms with van der Waals surface area (Å²) in [6.45, 7) is 6.43. The molecule has 2 atom stereocenters. The molecule has 2 unspecified atom stereocenters. The number of carbonyl (C=O) groups is 1. The van der Waals surface area contributed by atoms with E-state index in [0.717, 1.165) is 23.1 Å². The number of carboxylic acid groups (broad SMARTS) is 1. The van der Waals surface area contributed by atoms with Crippen molar-refractivity contribution in [1.29, 1.82) is 0 Å². The molecule has 8 heteroatoms. The highest BCUT2D eigenvalue weighted by molar-refractivity contribution is 6.39. The lowest BCUT2D eigenvalue weighted by Crippen LogP contribution is -2.06. The number of aromatic carboxylic acids is 1. The summed E-state index contributed by atoms with van der Waals surface area (Å²) in [6, 6.07) is 18.1. The Hall–Kier alpha value is -2.99. The van der Waals surface area contributed by atoms with Crippen LogP contribution in [-0.2, 0) is 12.0 Å². The standard InChI is InChI=1S/C30H26Cl3NO4/c1-16(2)28-20(27(34-38-28)26-23(31)5-4-6-24(26)32)15-37-19-11-12-21(25(33)13-19)30(3)14-22(30)17-7-9-18(10-8-17)29(35)36/h4-13,16,22H,14-15H2,1-3H3,(H,35,36). The van der Waals surface area contributed by atoms with E-state index in [2.05, 4.69) is 12.1 Å². The van der Waals surface area contributed by atoms with Gasteiger partial charge >= 0.3 is 5.97 Å². The summed E-state index contributed by atoms with van der Waals surface area (Å²) in [5, 5.41) is 15.0. The minimum atomic E-state index is -0.928. The minimum Gasteiger partial charge on any atom is -0.489 e. The molecule has 1 aromatic heterocycles. The van der Waals surface area contributed by atoms with Crippen LogP contribution in [0.1, 0.15) is 71.8 Å². The van der Waals surface area contributed by atoms with E-state index in [9.17, 15) is 4.79 Å². The van der Waals surface area contributed by atoms with Crippen molar-refractivity contribution in [2.75, 3.05) is 0 Å². The average Bonchev–Trinajstić information content (AvgIpc) is 3.39. The van der Waals surface area contributed by atoms with Crippen LogP contribution in [-0.4, -0.2) is 16.2 Å². The zero-order chi connectivity index (χ0) is 27.2. The zero-order valence-corrected chi connectivity index (χ0v) is 23.4. The van der Waals surface area contributed by atoms with Gasteiger partial charge in [-0.2, -0.15) is 0 Å². The fraction of sp³-hybridized carbons (Fsp3) is 0.267. The van der Waals surface area contributed by atoms with E-state index in [0.29, 0.717) is 37.8 Å². The van der Waals surface area contributed by atoms with E-state index in [-0.39, 0.29) is 29.4 Å². The Morgan fingerprint density at radius 3 is 2.37 bits per heavy atom. The Bertz CT molecular complexity index is 1490. The van der Waals surface area contributed by atoms with Gasteiger partial charge in [0.25, 0.3) is 0 Å². The minimum absolute atomic E-state index is 0.0818. The van der Waals surface area contributed by atoms with Crippen LogP contribution in [0.3, 0.4) is 0 Å². The van der Waals surface area contributed by atoms with Gasteiger partial charge in [0.05, 0.1) is 21.2 Å². The molecule has 5 rings (SSSR count). The van der Waals surface area contributed by atoms with Gasteiger partial charge < -0.3 is 14.4 Å². The summed E-state index contributed by atoms with van der Waals surface area (Å²) in [7, 11) is 0. The Labute approximate surface area is 236 Å². The number of hydrogen-bond donors (Lipinski definition) is 1. The van der Waals surface area contributed by atoms with E-state index in [1.165, 1.54) is 0 Å².